The topological polar surface area (TPSA) is 50.8 Å². The first-order valence-corrected chi connectivity index (χ1v) is 11.3. The van der Waals surface area contributed by atoms with Gasteiger partial charge >= 0.3 is 0 Å². The van der Waals surface area contributed by atoms with Crippen LogP contribution in [0.4, 0.5) is 0 Å². The molecule has 1 aliphatic rings. The minimum Gasteiger partial charge on any atom is -0.489 e. The molecule has 166 valence electrons. The van der Waals surface area contributed by atoms with Gasteiger partial charge in [0.15, 0.2) is 0 Å². The van der Waals surface area contributed by atoms with Gasteiger partial charge in [-0.05, 0) is 55.3 Å². The van der Waals surface area contributed by atoms with Crippen LogP contribution >= 0.6 is 0 Å². The molecule has 3 aromatic rings. The summed E-state index contributed by atoms with van der Waals surface area (Å²) in [7, 11) is 0. The Morgan fingerprint density at radius 2 is 1.44 bits per heavy atom. The fourth-order valence-corrected chi connectivity index (χ4v) is 3.81. The van der Waals surface area contributed by atoms with Gasteiger partial charge in [-0.15, -0.1) is 0 Å². The highest BCUT2D eigenvalue weighted by Crippen LogP contribution is 2.26. The average Bonchev–Trinajstić information content (AvgIpc) is 3.36. The lowest BCUT2D eigenvalue weighted by atomic mass is 10.1. The number of nitrogens with one attached hydrogen (secondary N) is 1. The van der Waals surface area contributed by atoms with E-state index in [0.29, 0.717) is 36.8 Å². The molecule has 0 atom stereocenters. The summed E-state index contributed by atoms with van der Waals surface area (Å²) in [5.41, 5.74) is 2.62. The van der Waals surface area contributed by atoms with Gasteiger partial charge in [-0.2, -0.15) is 0 Å². The van der Waals surface area contributed by atoms with E-state index >= 15 is 0 Å². The van der Waals surface area contributed by atoms with E-state index in [0.717, 1.165) is 30.8 Å². The Balaban J connectivity index is 1.43. The number of carbonyl (C=O) groups excluding carboxylic acids is 1. The van der Waals surface area contributed by atoms with E-state index in [1.807, 2.05) is 72.8 Å². The molecule has 5 heteroatoms. The maximum atomic E-state index is 13.0. The lowest BCUT2D eigenvalue weighted by Crippen LogP contribution is -2.33. The number of rotatable bonds is 10. The van der Waals surface area contributed by atoms with Crippen LogP contribution in [0, 0.1) is 0 Å². The molecule has 1 N–H and O–H groups in total. The zero-order valence-electron chi connectivity index (χ0n) is 18.3. The Morgan fingerprint density at radius 1 is 0.812 bits per heavy atom. The van der Waals surface area contributed by atoms with Gasteiger partial charge < -0.3 is 19.7 Å². The van der Waals surface area contributed by atoms with Crippen molar-refractivity contribution in [2.45, 2.75) is 26.1 Å². The molecular formula is C27H30N2O3. The van der Waals surface area contributed by atoms with Crippen molar-refractivity contribution in [1.82, 2.24) is 10.2 Å². The molecule has 4 rings (SSSR count). The molecule has 0 saturated carbocycles. The maximum absolute atomic E-state index is 13.0. The van der Waals surface area contributed by atoms with Gasteiger partial charge in [0.1, 0.15) is 24.7 Å². The van der Waals surface area contributed by atoms with Crippen molar-refractivity contribution >= 4 is 5.91 Å². The summed E-state index contributed by atoms with van der Waals surface area (Å²) >= 11 is 0. The van der Waals surface area contributed by atoms with Gasteiger partial charge in [-0.3, -0.25) is 4.79 Å². The summed E-state index contributed by atoms with van der Waals surface area (Å²) in [6.07, 6.45) is 2.48. The highest BCUT2D eigenvalue weighted by Gasteiger charge is 2.16. The fraction of sp³-hybridized carbons (Fsp3) is 0.296. The minimum atomic E-state index is -0.141. The number of nitrogens with zero attached hydrogens (tertiary/aromatic N) is 1. The number of benzene rings is 3. The van der Waals surface area contributed by atoms with Crippen LogP contribution < -0.4 is 14.8 Å². The zero-order chi connectivity index (χ0) is 22.0. The number of ether oxygens (including phenoxy) is 2. The lowest BCUT2D eigenvalue weighted by Gasteiger charge is -2.16. The number of likely N-dealkylation sites (tertiary alicyclic amines) is 1. The molecular weight excluding hydrogens is 400 g/mol. The Labute approximate surface area is 190 Å². The van der Waals surface area contributed by atoms with Crippen LogP contribution in [0.1, 0.15) is 34.3 Å². The molecule has 5 nitrogen and oxygen atoms in total. The van der Waals surface area contributed by atoms with Crippen LogP contribution in [-0.4, -0.2) is 37.0 Å². The van der Waals surface area contributed by atoms with Crippen LogP contribution in [0.15, 0.2) is 78.9 Å². The molecule has 1 fully saturated rings. The van der Waals surface area contributed by atoms with E-state index in [-0.39, 0.29) is 5.91 Å². The van der Waals surface area contributed by atoms with Crippen molar-refractivity contribution in [3.05, 3.63) is 95.6 Å². The summed E-state index contributed by atoms with van der Waals surface area (Å²) < 4.78 is 12.0. The van der Waals surface area contributed by atoms with Gasteiger partial charge in [0.05, 0.1) is 5.56 Å². The SMILES string of the molecule is O=C(NCCN1CCCC1)c1cc(OCc2ccccc2)ccc1OCc1ccccc1. The summed E-state index contributed by atoms with van der Waals surface area (Å²) in [5, 5.41) is 3.05. The van der Waals surface area contributed by atoms with Crippen LogP contribution in [-0.2, 0) is 13.2 Å². The highest BCUT2D eigenvalue weighted by atomic mass is 16.5. The number of hydrogen-bond donors (Lipinski definition) is 1. The summed E-state index contributed by atoms with van der Waals surface area (Å²) in [5.74, 6) is 1.06. The first-order valence-electron chi connectivity index (χ1n) is 11.3. The summed E-state index contributed by atoms with van der Waals surface area (Å²) in [6.45, 7) is 4.57. The second kappa shape index (κ2) is 11.3. The van der Waals surface area contributed by atoms with Gasteiger partial charge in [-0.1, -0.05) is 60.7 Å². The molecule has 1 aliphatic heterocycles. The number of amides is 1. The quantitative estimate of drug-likeness (QED) is 0.508. The Hall–Kier alpha value is -3.31. The summed E-state index contributed by atoms with van der Waals surface area (Å²) in [4.78, 5) is 15.4. The maximum Gasteiger partial charge on any atom is 0.255 e. The minimum absolute atomic E-state index is 0.141. The van der Waals surface area contributed by atoms with Crippen molar-refractivity contribution in [2.75, 3.05) is 26.2 Å². The second-order valence-electron chi connectivity index (χ2n) is 8.01. The molecule has 0 spiro atoms. The zero-order valence-corrected chi connectivity index (χ0v) is 18.3. The van der Waals surface area contributed by atoms with Crippen molar-refractivity contribution in [1.29, 1.82) is 0 Å². The Morgan fingerprint density at radius 3 is 2.09 bits per heavy atom. The fourth-order valence-electron chi connectivity index (χ4n) is 3.81. The van der Waals surface area contributed by atoms with Gasteiger partial charge in [0, 0.05) is 13.1 Å². The average molecular weight is 431 g/mol. The third-order valence-corrected chi connectivity index (χ3v) is 5.59. The third-order valence-electron chi connectivity index (χ3n) is 5.59. The van der Waals surface area contributed by atoms with Crippen molar-refractivity contribution in [2.24, 2.45) is 0 Å². The van der Waals surface area contributed by atoms with Gasteiger partial charge in [0.25, 0.3) is 5.91 Å². The normalized spacial score (nSPS) is 13.6. The predicted octanol–water partition coefficient (Wildman–Crippen LogP) is 4.67. The monoisotopic (exact) mass is 430 g/mol. The molecule has 0 bridgehead atoms. The molecule has 0 aromatic heterocycles. The third kappa shape index (κ3) is 6.34. The van der Waals surface area contributed by atoms with Crippen LogP contribution in [0.3, 0.4) is 0 Å². The summed E-state index contributed by atoms with van der Waals surface area (Å²) in [6, 6.07) is 25.4. The molecule has 3 aromatic carbocycles. The van der Waals surface area contributed by atoms with E-state index in [4.69, 9.17) is 9.47 Å². The standard InChI is InChI=1S/C27H30N2O3/c30-27(28-15-18-29-16-7-8-17-29)25-19-24(31-20-22-9-3-1-4-10-22)13-14-26(25)32-21-23-11-5-2-6-12-23/h1-6,9-14,19H,7-8,15-18,20-21H2,(H,28,30). The van der Waals surface area contributed by atoms with Crippen molar-refractivity contribution in [3.8, 4) is 11.5 Å². The molecule has 1 saturated heterocycles. The molecule has 0 radical (unpaired) electrons. The van der Waals surface area contributed by atoms with E-state index in [1.165, 1.54) is 12.8 Å². The predicted molar refractivity (Wildman–Crippen MR) is 126 cm³/mol. The van der Waals surface area contributed by atoms with Gasteiger partial charge in [0.2, 0.25) is 0 Å². The second-order valence-corrected chi connectivity index (χ2v) is 8.01. The largest absolute Gasteiger partial charge is 0.489 e. The van der Waals surface area contributed by atoms with Gasteiger partial charge in [-0.25, -0.2) is 0 Å². The van der Waals surface area contributed by atoms with E-state index in [2.05, 4.69) is 10.2 Å². The van der Waals surface area contributed by atoms with Crippen LogP contribution in [0.5, 0.6) is 11.5 Å². The number of hydrogen-bond acceptors (Lipinski definition) is 4. The van der Waals surface area contributed by atoms with Crippen LogP contribution in [0.2, 0.25) is 0 Å². The van der Waals surface area contributed by atoms with E-state index < -0.39 is 0 Å². The molecule has 32 heavy (non-hydrogen) atoms. The first-order chi connectivity index (χ1) is 15.8. The smallest absolute Gasteiger partial charge is 0.255 e. The van der Waals surface area contributed by atoms with Crippen LogP contribution in [0.25, 0.3) is 0 Å². The Kier molecular flexibility index (Phi) is 7.77. The first kappa shape index (κ1) is 21.9. The molecule has 1 amide bonds. The number of carbonyl (C=O) groups is 1. The van der Waals surface area contributed by atoms with E-state index in [1.54, 1.807) is 6.07 Å². The van der Waals surface area contributed by atoms with E-state index in [9.17, 15) is 4.79 Å². The lowest BCUT2D eigenvalue weighted by molar-refractivity contribution is 0.0944. The molecule has 0 unspecified atom stereocenters. The van der Waals surface area contributed by atoms with Crippen molar-refractivity contribution in [3.63, 3.8) is 0 Å². The Bertz CT molecular complexity index is 986. The highest BCUT2D eigenvalue weighted by molar-refractivity contribution is 5.97. The molecule has 0 aliphatic carbocycles. The van der Waals surface area contributed by atoms with Crippen molar-refractivity contribution < 1.29 is 14.3 Å². The molecule has 1 heterocycles.